The summed E-state index contributed by atoms with van der Waals surface area (Å²) in [7, 11) is -3.06. The Hall–Kier alpha value is -1.17. The Labute approximate surface area is 101 Å². The van der Waals surface area contributed by atoms with E-state index in [1.54, 1.807) is 4.68 Å². The van der Waals surface area contributed by atoms with Gasteiger partial charge in [0.2, 0.25) is 0 Å². The lowest BCUT2D eigenvalue weighted by atomic mass is 10.1. The van der Waals surface area contributed by atoms with Crippen molar-refractivity contribution < 1.29 is 13.2 Å². The molecule has 6 heteroatoms. The van der Waals surface area contributed by atoms with Gasteiger partial charge in [0, 0.05) is 24.2 Å². The average Bonchev–Trinajstić information content (AvgIpc) is 2.53. The lowest BCUT2D eigenvalue weighted by Gasteiger charge is -2.15. The Morgan fingerprint density at radius 3 is 2.76 bits per heavy atom. The maximum Gasteiger partial charge on any atom is 0.170 e. The van der Waals surface area contributed by atoms with E-state index in [1.807, 2.05) is 0 Å². The van der Waals surface area contributed by atoms with Crippen molar-refractivity contribution in [3.8, 4) is 0 Å². The highest BCUT2D eigenvalue weighted by Crippen LogP contribution is 2.24. The van der Waals surface area contributed by atoms with Crippen LogP contribution in [-0.4, -0.2) is 30.2 Å². The first-order valence-electron chi connectivity index (χ1n) is 5.67. The van der Waals surface area contributed by atoms with E-state index in [-0.39, 0.29) is 17.2 Å². The SMILES string of the molecule is CC(C)Cn1nc(C=O)c2c1CCS(=O)(=O)C2. The van der Waals surface area contributed by atoms with Crippen molar-refractivity contribution in [3.63, 3.8) is 0 Å². The van der Waals surface area contributed by atoms with Crippen molar-refractivity contribution >= 4 is 16.1 Å². The van der Waals surface area contributed by atoms with Crippen LogP contribution in [0.2, 0.25) is 0 Å². The molecule has 0 bridgehead atoms. The van der Waals surface area contributed by atoms with Gasteiger partial charge in [0.05, 0.1) is 11.5 Å². The number of sulfone groups is 1. The van der Waals surface area contributed by atoms with E-state index in [1.165, 1.54) is 0 Å². The van der Waals surface area contributed by atoms with E-state index in [2.05, 4.69) is 18.9 Å². The summed E-state index contributed by atoms with van der Waals surface area (Å²) < 4.78 is 24.9. The maximum atomic E-state index is 11.6. The van der Waals surface area contributed by atoms with Crippen molar-refractivity contribution in [2.75, 3.05) is 5.75 Å². The zero-order valence-corrected chi connectivity index (χ0v) is 10.8. The quantitative estimate of drug-likeness (QED) is 0.751. The van der Waals surface area contributed by atoms with Crippen molar-refractivity contribution in [2.24, 2.45) is 5.92 Å². The summed E-state index contributed by atoms with van der Waals surface area (Å²) in [5, 5.41) is 4.20. The second kappa shape index (κ2) is 4.25. The molecular weight excluding hydrogens is 240 g/mol. The van der Waals surface area contributed by atoms with Crippen LogP contribution in [0, 0.1) is 5.92 Å². The summed E-state index contributed by atoms with van der Waals surface area (Å²) in [5.41, 5.74) is 1.80. The van der Waals surface area contributed by atoms with Crippen LogP contribution in [0.25, 0.3) is 0 Å². The zero-order chi connectivity index (χ0) is 12.6. The Kier molecular flexibility index (Phi) is 3.07. The molecule has 1 aliphatic rings. The number of rotatable bonds is 3. The molecule has 0 N–H and O–H groups in total. The third kappa shape index (κ3) is 2.41. The van der Waals surface area contributed by atoms with Crippen LogP contribution in [0.5, 0.6) is 0 Å². The number of carbonyl (C=O) groups is 1. The molecule has 0 radical (unpaired) electrons. The highest BCUT2D eigenvalue weighted by atomic mass is 32.2. The standard InChI is InChI=1S/C11H16N2O3S/c1-8(2)5-13-11-3-4-17(15,16)7-9(11)10(6-14)12-13/h6,8H,3-5,7H2,1-2H3. The number of aromatic nitrogens is 2. The topological polar surface area (TPSA) is 69.0 Å². The fourth-order valence-electron chi connectivity index (χ4n) is 2.13. The molecule has 1 aliphatic heterocycles. The van der Waals surface area contributed by atoms with Gasteiger partial charge in [-0.3, -0.25) is 9.48 Å². The first-order valence-corrected chi connectivity index (χ1v) is 7.49. The molecule has 5 nitrogen and oxygen atoms in total. The Morgan fingerprint density at radius 1 is 1.47 bits per heavy atom. The first-order chi connectivity index (χ1) is 7.93. The van der Waals surface area contributed by atoms with Crippen LogP contribution in [0.1, 0.15) is 35.6 Å². The smallest absolute Gasteiger partial charge is 0.170 e. The fraction of sp³-hybridized carbons (Fsp3) is 0.636. The summed E-state index contributed by atoms with van der Waals surface area (Å²) in [6.45, 7) is 4.85. The molecule has 0 saturated heterocycles. The van der Waals surface area contributed by atoms with Gasteiger partial charge < -0.3 is 0 Å². The second-order valence-corrected chi connectivity index (χ2v) is 7.03. The van der Waals surface area contributed by atoms with Crippen LogP contribution < -0.4 is 0 Å². The van der Waals surface area contributed by atoms with Gasteiger partial charge in [-0.1, -0.05) is 13.8 Å². The van der Waals surface area contributed by atoms with E-state index in [0.29, 0.717) is 24.2 Å². The summed E-state index contributed by atoms with van der Waals surface area (Å²) >= 11 is 0. The first kappa shape index (κ1) is 12.3. The monoisotopic (exact) mass is 256 g/mol. The van der Waals surface area contributed by atoms with Gasteiger partial charge in [-0.15, -0.1) is 0 Å². The van der Waals surface area contributed by atoms with Crippen molar-refractivity contribution in [2.45, 2.75) is 32.6 Å². The normalized spacial score (nSPS) is 18.1. The molecule has 0 spiro atoms. The number of nitrogens with zero attached hydrogens (tertiary/aromatic N) is 2. The van der Waals surface area contributed by atoms with Crippen LogP contribution in [0.3, 0.4) is 0 Å². The Balaban J connectivity index is 2.47. The average molecular weight is 256 g/mol. The number of hydrogen-bond donors (Lipinski definition) is 0. The minimum absolute atomic E-state index is 0.0471. The number of carbonyl (C=O) groups excluding carboxylic acids is 1. The molecule has 0 aliphatic carbocycles. The summed E-state index contributed by atoms with van der Waals surface area (Å²) in [5.74, 6) is 0.522. The van der Waals surface area contributed by atoms with Crippen LogP contribution in [-0.2, 0) is 28.6 Å². The molecule has 2 rings (SSSR count). The lowest BCUT2D eigenvalue weighted by Crippen LogP contribution is -2.21. The fourth-order valence-corrected chi connectivity index (χ4v) is 3.53. The second-order valence-electron chi connectivity index (χ2n) is 4.85. The molecule has 0 saturated carbocycles. The molecule has 17 heavy (non-hydrogen) atoms. The molecule has 0 amide bonds. The highest BCUT2D eigenvalue weighted by Gasteiger charge is 2.28. The minimum atomic E-state index is -3.06. The van der Waals surface area contributed by atoms with Gasteiger partial charge in [0.25, 0.3) is 0 Å². The molecule has 1 aromatic heterocycles. The van der Waals surface area contributed by atoms with E-state index < -0.39 is 9.84 Å². The largest absolute Gasteiger partial charge is 0.296 e. The molecule has 94 valence electrons. The predicted octanol–water partition coefficient (Wildman–Crippen LogP) is 0.822. The predicted molar refractivity (Wildman–Crippen MR) is 63.6 cm³/mol. The van der Waals surface area contributed by atoms with Gasteiger partial charge in [-0.25, -0.2) is 8.42 Å². The van der Waals surface area contributed by atoms with Crippen LogP contribution >= 0.6 is 0 Å². The minimum Gasteiger partial charge on any atom is -0.296 e. The van der Waals surface area contributed by atoms with Gasteiger partial charge in [0.15, 0.2) is 16.1 Å². The van der Waals surface area contributed by atoms with Crippen molar-refractivity contribution in [3.05, 3.63) is 17.0 Å². The van der Waals surface area contributed by atoms with Gasteiger partial charge in [-0.05, 0) is 5.92 Å². The molecule has 1 aromatic rings. The van der Waals surface area contributed by atoms with E-state index >= 15 is 0 Å². The summed E-state index contributed by atoms with van der Waals surface area (Å²) in [6, 6.07) is 0. The molecule has 0 unspecified atom stereocenters. The third-order valence-electron chi connectivity index (χ3n) is 2.86. The van der Waals surface area contributed by atoms with Gasteiger partial charge in [-0.2, -0.15) is 5.10 Å². The third-order valence-corrected chi connectivity index (χ3v) is 4.42. The maximum absolute atomic E-state index is 11.6. The van der Waals surface area contributed by atoms with E-state index in [9.17, 15) is 13.2 Å². The van der Waals surface area contributed by atoms with Gasteiger partial charge in [0.1, 0.15) is 5.69 Å². The molecule has 0 aromatic carbocycles. The number of hydrogen-bond acceptors (Lipinski definition) is 4. The van der Waals surface area contributed by atoms with E-state index in [4.69, 9.17) is 0 Å². The van der Waals surface area contributed by atoms with Crippen molar-refractivity contribution in [1.29, 1.82) is 0 Å². The van der Waals surface area contributed by atoms with E-state index in [0.717, 1.165) is 12.2 Å². The van der Waals surface area contributed by atoms with Crippen LogP contribution in [0.15, 0.2) is 0 Å². The molecular formula is C11H16N2O3S. The summed E-state index contributed by atoms with van der Waals surface area (Å²) in [6.07, 6.45) is 1.11. The molecule has 2 heterocycles. The number of aldehydes is 1. The molecule has 0 atom stereocenters. The Morgan fingerprint density at radius 2 is 2.18 bits per heavy atom. The Bertz CT molecular complexity index is 543. The lowest BCUT2D eigenvalue weighted by molar-refractivity contribution is 0.111. The molecule has 0 fully saturated rings. The van der Waals surface area contributed by atoms with Crippen molar-refractivity contribution in [1.82, 2.24) is 9.78 Å². The zero-order valence-electron chi connectivity index (χ0n) is 10.0. The number of fused-ring (bicyclic) bond motifs is 1. The van der Waals surface area contributed by atoms with Gasteiger partial charge >= 0.3 is 0 Å². The summed E-state index contributed by atoms with van der Waals surface area (Å²) in [4.78, 5) is 10.9. The highest BCUT2D eigenvalue weighted by molar-refractivity contribution is 7.90. The van der Waals surface area contributed by atoms with Crippen LogP contribution in [0.4, 0.5) is 0 Å².